The first-order chi connectivity index (χ1) is 9.13. The summed E-state index contributed by atoms with van der Waals surface area (Å²) in [4.78, 5) is 11.2. The molecule has 1 nitrogen and oxygen atoms in total. The first-order valence-electron chi connectivity index (χ1n) is 5.99. The summed E-state index contributed by atoms with van der Waals surface area (Å²) in [6.45, 7) is 11.3. The molecule has 3 heteroatoms. The van der Waals surface area contributed by atoms with Gasteiger partial charge in [-0.15, -0.1) is 0 Å². The Morgan fingerprint density at radius 1 is 1.37 bits per heavy atom. The predicted octanol–water partition coefficient (Wildman–Crippen LogP) is 5.71. The summed E-state index contributed by atoms with van der Waals surface area (Å²) in [5.41, 5.74) is 1.67. The van der Waals surface area contributed by atoms with Gasteiger partial charge in [0.2, 0.25) is 0 Å². The number of allylic oxidation sites excluding steroid dienone is 4. The molecule has 0 aliphatic carbocycles. The van der Waals surface area contributed by atoms with Gasteiger partial charge in [-0.2, -0.15) is 0 Å². The largest absolute Gasteiger partial charge is 0.302 e. The average molecular weight is 342 g/mol. The van der Waals surface area contributed by atoms with Crippen molar-refractivity contribution >= 4 is 33.8 Å². The van der Waals surface area contributed by atoms with Crippen LogP contribution in [0.3, 0.4) is 0 Å². The Hall–Kier alpha value is -1.12. The van der Waals surface area contributed by atoms with Crippen LogP contribution in [-0.2, 0) is 4.79 Å². The van der Waals surface area contributed by atoms with Crippen molar-refractivity contribution in [3.8, 4) is 0 Å². The topological polar surface area (TPSA) is 17.1 Å². The van der Waals surface area contributed by atoms with E-state index >= 15 is 0 Å². The molecule has 0 heterocycles. The van der Waals surface area contributed by atoms with Gasteiger partial charge in [0.1, 0.15) is 6.29 Å². The minimum absolute atomic E-state index is 0.348. The van der Waals surface area contributed by atoms with Gasteiger partial charge in [-0.05, 0) is 39.2 Å². The molecule has 19 heavy (non-hydrogen) atoms. The standard InChI is InChI=1S/C14H12BrClO.C2H6/c1-3-5-10(4-2)12(9-17)11-6-7-14(16)13(15)8-11;1-2/h3-9,12H,1-2H2;1-2H3/b10-5+;. The van der Waals surface area contributed by atoms with Crippen molar-refractivity contribution in [2.45, 2.75) is 19.8 Å². The van der Waals surface area contributed by atoms with Gasteiger partial charge in [-0.3, -0.25) is 0 Å². The Morgan fingerprint density at radius 3 is 2.42 bits per heavy atom. The van der Waals surface area contributed by atoms with Gasteiger partial charge in [0.25, 0.3) is 0 Å². The number of hydrogen-bond donors (Lipinski definition) is 0. The highest BCUT2D eigenvalue weighted by Gasteiger charge is 2.14. The van der Waals surface area contributed by atoms with Crippen molar-refractivity contribution in [1.29, 1.82) is 0 Å². The smallest absolute Gasteiger partial charge is 0.131 e. The first-order valence-corrected chi connectivity index (χ1v) is 7.16. The van der Waals surface area contributed by atoms with Crippen LogP contribution >= 0.6 is 27.5 Å². The van der Waals surface area contributed by atoms with Gasteiger partial charge in [0.15, 0.2) is 0 Å². The van der Waals surface area contributed by atoms with Crippen LogP contribution in [0.4, 0.5) is 0 Å². The number of carbonyl (C=O) groups is 1. The number of aldehydes is 1. The summed E-state index contributed by atoms with van der Waals surface area (Å²) in [7, 11) is 0. The fourth-order valence-electron chi connectivity index (χ4n) is 1.49. The van der Waals surface area contributed by atoms with Crippen LogP contribution in [0.25, 0.3) is 0 Å². The highest BCUT2D eigenvalue weighted by atomic mass is 79.9. The second-order valence-electron chi connectivity index (χ2n) is 3.39. The van der Waals surface area contributed by atoms with E-state index in [1.165, 1.54) is 0 Å². The van der Waals surface area contributed by atoms with Crippen LogP contribution in [0, 0.1) is 0 Å². The van der Waals surface area contributed by atoms with E-state index in [0.29, 0.717) is 5.02 Å². The van der Waals surface area contributed by atoms with Crippen molar-refractivity contribution in [3.05, 3.63) is 70.2 Å². The van der Waals surface area contributed by atoms with E-state index in [0.717, 1.165) is 21.9 Å². The predicted molar refractivity (Wildman–Crippen MR) is 87.8 cm³/mol. The molecule has 0 aromatic heterocycles. The molecule has 102 valence electrons. The third-order valence-electron chi connectivity index (χ3n) is 2.34. The zero-order chi connectivity index (χ0) is 14.8. The van der Waals surface area contributed by atoms with Gasteiger partial charge in [0, 0.05) is 4.47 Å². The third kappa shape index (κ3) is 5.17. The van der Waals surface area contributed by atoms with Crippen LogP contribution in [0.5, 0.6) is 0 Å². The quantitative estimate of drug-likeness (QED) is 0.495. The third-order valence-corrected chi connectivity index (χ3v) is 3.56. The summed E-state index contributed by atoms with van der Waals surface area (Å²) in [6, 6.07) is 5.42. The zero-order valence-corrected chi connectivity index (χ0v) is 13.5. The summed E-state index contributed by atoms with van der Waals surface area (Å²) in [6.07, 6.45) is 5.95. The molecule has 1 aromatic rings. The Balaban J connectivity index is 0.00000154. The number of carbonyl (C=O) groups excluding carboxylic acids is 1. The van der Waals surface area contributed by atoms with Crippen molar-refractivity contribution in [3.63, 3.8) is 0 Å². The van der Waals surface area contributed by atoms with Crippen LogP contribution in [0.2, 0.25) is 5.02 Å². The summed E-state index contributed by atoms with van der Waals surface area (Å²) in [5.74, 6) is -0.348. The molecule has 0 aliphatic heterocycles. The maximum absolute atomic E-state index is 11.2. The van der Waals surface area contributed by atoms with Gasteiger partial charge in [-0.25, -0.2) is 0 Å². The van der Waals surface area contributed by atoms with Crippen LogP contribution in [0.1, 0.15) is 25.3 Å². The highest BCUT2D eigenvalue weighted by Crippen LogP contribution is 2.29. The van der Waals surface area contributed by atoms with Crippen molar-refractivity contribution in [2.24, 2.45) is 0 Å². The normalized spacial score (nSPS) is 11.9. The molecule has 1 aromatic carbocycles. The van der Waals surface area contributed by atoms with Crippen molar-refractivity contribution in [1.82, 2.24) is 0 Å². The molecule has 1 atom stereocenters. The fourth-order valence-corrected chi connectivity index (χ4v) is 2.00. The van der Waals surface area contributed by atoms with E-state index in [-0.39, 0.29) is 5.92 Å². The minimum Gasteiger partial charge on any atom is -0.302 e. The molecule has 0 radical (unpaired) electrons. The summed E-state index contributed by atoms with van der Waals surface area (Å²) < 4.78 is 0.769. The van der Waals surface area contributed by atoms with Gasteiger partial charge in [-0.1, -0.05) is 62.9 Å². The molecule has 0 spiro atoms. The average Bonchev–Trinajstić information content (AvgIpc) is 2.44. The van der Waals surface area contributed by atoms with Crippen LogP contribution in [0.15, 0.2) is 59.6 Å². The number of benzene rings is 1. The maximum Gasteiger partial charge on any atom is 0.131 e. The van der Waals surface area contributed by atoms with Gasteiger partial charge < -0.3 is 4.79 Å². The Kier molecular flexibility index (Phi) is 9.19. The molecule has 0 saturated heterocycles. The molecule has 0 saturated carbocycles. The molecule has 0 aliphatic rings. The molecule has 0 bridgehead atoms. The molecule has 1 unspecified atom stereocenters. The number of hydrogen-bond acceptors (Lipinski definition) is 1. The monoisotopic (exact) mass is 340 g/mol. The van der Waals surface area contributed by atoms with E-state index in [2.05, 4.69) is 29.1 Å². The second kappa shape index (κ2) is 9.76. The lowest BCUT2D eigenvalue weighted by Crippen LogP contribution is -2.02. The van der Waals surface area contributed by atoms with E-state index in [1.54, 1.807) is 24.3 Å². The van der Waals surface area contributed by atoms with Gasteiger partial charge in [0.05, 0.1) is 10.9 Å². The van der Waals surface area contributed by atoms with Crippen molar-refractivity contribution in [2.75, 3.05) is 0 Å². The van der Waals surface area contributed by atoms with Gasteiger partial charge >= 0.3 is 0 Å². The lowest BCUT2D eigenvalue weighted by atomic mass is 9.92. The lowest BCUT2D eigenvalue weighted by Gasteiger charge is -2.12. The highest BCUT2D eigenvalue weighted by molar-refractivity contribution is 9.10. The molecular weight excluding hydrogens is 324 g/mol. The Morgan fingerprint density at radius 2 is 2.00 bits per heavy atom. The second-order valence-corrected chi connectivity index (χ2v) is 4.66. The van der Waals surface area contributed by atoms with E-state index in [1.807, 2.05) is 26.0 Å². The molecular formula is C16H18BrClO. The summed E-state index contributed by atoms with van der Waals surface area (Å²) >= 11 is 9.26. The lowest BCUT2D eigenvalue weighted by molar-refractivity contribution is -0.108. The minimum atomic E-state index is -0.348. The van der Waals surface area contributed by atoms with E-state index in [9.17, 15) is 4.79 Å². The van der Waals surface area contributed by atoms with E-state index in [4.69, 9.17) is 11.6 Å². The molecule has 1 rings (SSSR count). The molecule has 0 fully saturated rings. The fraction of sp³-hybridized carbons (Fsp3) is 0.188. The van der Waals surface area contributed by atoms with E-state index < -0.39 is 0 Å². The van der Waals surface area contributed by atoms with Crippen LogP contribution < -0.4 is 0 Å². The Labute approximate surface area is 128 Å². The number of rotatable bonds is 5. The Bertz CT molecular complexity index is 478. The summed E-state index contributed by atoms with van der Waals surface area (Å²) in [5, 5.41) is 0.617. The van der Waals surface area contributed by atoms with Crippen LogP contribution in [-0.4, -0.2) is 6.29 Å². The van der Waals surface area contributed by atoms with Crippen molar-refractivity contribution < 1.29 is 4.79 Å². The first kappa shape index (κ1) is 17.9. The molecule has 0 amide bonds. The zero-order valence-electron chi connectivity index (χ0n) is 11.2. The SMILES string of the molecule is C=C/C=C(\C=C)C(C=O)c1ccc(Cl)c(Br)c1.CC. The molecule has 0 N–H and O–H groups in total. The number of halogens is 2. The maximum atomic E-state index is 11.2.